The average molecular weight is 921 g/mol. The maximum Gasteiger partial charge on any atom is 0.0972 e. The highest BCUT2D eigenvalue weighted by molar-refractivity contribution is 6.24. The molecule has 340 valence electrons. The van der Waals surface area contributed by atoms with E-state index in [1.807, 2.05) is 12.3 Å². The molecule has 0 radical (unpaired) electrons. The minimum absolute atomic E-state index is 0.120. The van der Waals surface area contributed by atoms with Crippen molar-refractivity contribution in [3.05, 3.63) is 272 Å². The SMILES string of the molecule is C1=CCC(c2ccc(-c3ccccc3)n2-c2ccc3c(-c4cccc5ccccc45)c4cc(N5C(c6ccccc6)=CCC5c5ccccc5)ccc4c(-c4ccc5ccc6cccnc6c5n4)c3c2)C=C1. The lowest BCUT2D eigenvalue weighted by atomic mass is 9.85. The number of hydrogen-bond acceptors (Lipinski definition) is 3. The summed E-state index contributed by atoms with van der Waals surface area (Å²) >= 11 is 0. The highest BCUT2D eigenvalue weighted by Crippen LogP contribution is 2.50. The third-order valence-electron chi connectivity index (χ3n) is 15.1. The van der Waals surface area contributed by atoms with Gasteiger partial charge in [0.1, 0.15) is 0 Å². The van der Waals surface area contributed by atoms with E-state index < -0.39 is 0 Å². The number of fused-ring (bicyclic) bond motifs is 6. The summed E-state index contributed by atoms with van der Waals surface area (Å²) in [7, 11) is 0. The molecule has 0 bridgehead atoms. The van der Waals surface area contributed by atoms with Crippen LogP contribution in [-0.2, 0) is 0 Å². The summed E-state index contributed by atoms with van der Waals surface area (Å²) in [5.41, 5.74) is 15.8. The summed E-state index contributed by atoms with van der Waals surface area (Å²) in [6, 6.07) is 80.3. The number of rotatable bonds is 8. The van der Waals surface area contributed by atoms with Crippen molar-refractivity contribution in [3.63, 3.8) is 0 Å². The van der Waals surface area contributed by atoms with Crippen LogP contribution in [0.15, 0.2) is 255 Å². The average Bonchev–Trinajstić information content (AvgIpc) is 4.12. The van der Waals surface area contributed by atoms with Crippen LogP contribution in [-0.4, -0.2) is 14.5 Å². The molecule has 0 amide bonds. The van der Waals surface area contributed by atoms with Crippen LogP contribution < -0.4 is 4.90 Å². The minimum atomic E-state index is 0.120. The highest BCUT2D eigenvalue weighted by Gasteiger charge is 2.31. The Morgan fingerprint density at radius 2 is 1.14 bits per heavy atom. The first kappa shape index (κ1) is 41.8. The summed E-state index contributed by atoms with van der Waals surface area (Å²) < 4.78 is 2.50. The first-order valence-corrected chi connectivity index (χ1v) is 25.1. The van der Waals surface area contributed by atoms with Crippen molar-refractivity contribution < 1.29 is 0 Å². The summed E-state index contributed by atoms with van der Waals surface area (Å²) in [6.07, 6.45) is 15.1. The third-order valence-corrected chi connectivity index (χ3v) is 15.1. The number of aromatic nitrogens is 3. The van der Waals surface area contributed by atoms with E-state index in [4.69, 9.17) is 9.97 Å². The zero-order chi connectivity index (χ0) is 47.5. The van der Waals surface area contributed by atoms with Crippen LogP contribution in [0.25, 0.3) is 99.1 Å². The lowest BCUT2D eigenvalue weighted by Gasteiger charge is -2.31. The summed E-state index contributed by atoms with van der Waals surface area (Å²) in [4.78, 5) is 13.2. The Kier molecular flexibility index (Phi) is 10.1. The van der Waals surface area contributed by atoms with E-state index in [1.165, 1.54) is 60.8 Å². The number of anilines is 1. The van der Waals surface area contributed by atoms with Gasteiger partial charge in [-0.25, -0.2) is 4.98 Å². The van der Waals surface area contributed by atoms with Gasteiger partial charge in [0.15, 0.2) is 0 Å². The monoisotopic (exact) mass is 920 g/mol. The van der Waals surface area contributed by atoms with Crippen LogP contribution in [0.2, 0.25) is 0 Å². The molecule has 4 nitrogen and oxygen atoms in total. The molecule has 4 heteroatoms. The van der Waals surface area contributed by atoms with Crippen LogP contribution in [0.4, 0.5) is 5.69 Å². The van der Waals surface area contributed by atoms with E-state index in [0.717, 1.165) is 73.7 Å². The standard InChI is InChI=1S/C68H48N4/c1-5-18-46(19-6-1)61-38-39-62(47-20-7-2-8-21-47)71(61)52-34-36-57-58(43-52)65(55-29-15-26-45-17-13-14-28-54(45)55)56-35-33-53(72-63(48-22-9-3-10-23-48)40-41-64(72)49-24-11-4-12-25-49)44-59(56)66(57)60-37-32-51-31-30-50-27-16-42-69-67(50)68(51)70-60/h1-24,26-38,40-44,49,62H,25,39H2. The van der Waals surface area contributed by atoms with Crippen molar-refractivity contribution in [1.29, 1.82) is 0 Å². The third kappa shape index (κ3) is 6.98. The van der Waals surface area contributed by atoms with Crippen molar-refractivity contribution in [2.75, 3.05) is 4.90 Å². The van der Waals surface area contributed by atoms with Crippen molar-refractivity contribution in [2.45, 2.75) is 24.8 Å². The van der Waals surface area contributed by atoms with E-state index in [0.29, 0.717) is 0 Å². The van der Waals surface area contributed by atoms with Gasteiger partial charge >= 0.3 is 0 Å². The minimum Gasteiger partial charge on any atom is -0.333 e. The zero-order valence-electron chi connectivity index (χ0n) is 39.6. The van der Waals surface area contributed by atoms with Gasteiger partial charge in [-0.1, -0.05) is 200 Å². The molecular formula is C68H48N4. The van der Waals surface area contributed by atoms with Crippen LogP contribution >= 0.6 is 0 Å². The second kappa shape index (κ2) is 17.4. The molecule has 0 saturated carbocycles. The Morgan fingerprint density at radius 1 is 0.458 bits per heavy atom. The van der Waals surface area contributed by atoms with Crippen LogP contribution in [0.3, 0.4) is 0 Å². The topological polar surface area (TPSA) is 34.0 Å². The fraction of sp³-hybridized carbons (Fsp3) is 0.0588. The number of benzene rings is 9. The summed E-state index contributed by atoms with van der Waals surface area (Å²) in [5, 5.41) is 9.19. The molecule has 3 aromatic heterocycles. The molecule has 0 N–H and O–H groups in total. The molecule has 0 fully saturated rings. The fourth-order valence-corrected chi connectivity index (χ4v) is 11.8. The number of allylic oxidation sites excluding steroid dienone is 4. The highest BCUT2D eigenvalue weighted by atomic mass is 15.2. The molecule has 72 heavy (non-hydrogen) atoms. The predicted molar refractivity (Wildman–Crippen MR) is 302 cm³/mol. The van der Waals surface area contributed by atoms with Crippen LogP contribution in [0.5, 0.6) is 0 Å². The largest absolute Gasteiger partial charge is 0.333 e. The van der Waals surface area contributed by atoms with E-state index in [9.17, 15) is 0 Å². The molecule has 2 unspecified atom stereocenters. The van der Waals surface area contributed by atoms with Gasteiger partial charge in [0.25, 0.3) is 0 Å². The molecule has 2 atom stereocenters. The zero-order valence-corrected chi connectivity index (χ0v) is 39.6. The molecule has 2 aliphatic rings. The van der Waals surface area contributed by atoms with Crippen molar-refractivity contribution in [1.82, 2.24) is 14.5 Å². The van der Waals surface area contributed by atoms with Gasteiger partial charge in [-0.15, -0.1) is 0 Å². The fourth-order valence-electron chi connectivity index (χ4n) is 11.8. The molecule has 0 saturated heterocycles. The first-order valence-electron chi connectivity index (χ1n) is 25.1. The normalized spacial score (nSPS) is 15.6. The number of nitrogens with zero attached hydrogens (tertiary/aromatic N) is 4. The van der Waals surface area contributed by atoms with Crippen LogP contribution in [0, 0.1) is 0 Å². The predicted octanol–water partition coefficient (Wildman–Crippen LogP) is 17.6. The summed E-state index contributed by atoms with van der Waals surface area (Å²) in [5.74, 6) is 0.229. The van der Waals surface area contributed by atoms with Gasteiger partial charge in [-0.05, 0) is 122 Å². The Balaban J connectivity index is 1.11. The van der Waals surface area contributed by atoms with Gasteiger partial charge in [0, 0.05) is 51.2 Å². The maximum absolute atomic E-state index is 5.67. The van der Waals surface area contributed by atoms with E-state index >= 15 is 0 Å². The molecule has 0 spiro atoms. The van der Waals surface area contributed by atoms with Gasteiger partial charge in [-0.3, -0.25) is 4.98 Å². The Labute approximate surface area is 418 Å². The quantitative estimate of drug-likeness (QED) is 0.112. The molecule has 1 aliphatic carbocycles. The van der Waals surface area contributed by atoms with Gasteiger partial charge < -0.3 is 9.47 Å². The Bertz CT molecular complexity index is 4160. The lowest BCUT2D eigenvalue weighted by Crippen LogP contribution is -2.22. The smallest absolute Gasteiger partial charge is 0.0972 e. The van der Waals surface area contributed by atoms with Gasteiger partial charge in [0.2, 0.25) is 0 Å². The molecule has 4 heterocycles. The van der Waals surface area contributed by atoms with E-state index in [2.05, 4.69) is 252 Å². The summed E-state index contributed by atoms with van der Waals surface area (Å²) in [6.45, 7) is 0. The first-order chi connectivity index (χ1) is 35.7. The van der Waals surface area contributed by atoms with E-state index in [-0.39, 0.29) is 12.0 Å². The Hall–Kier alpha value is -9.12. The van der Waals surface area contributed by atoms with Gasteiger partial charge in [0.05, 0.1) is 28.5 Å². The molecule has 14 rings (SSSR count). The molecular weight excluding hydrogens is 873 g/mol. The number of hydrogen-bond donors (Lipinski definition) is 0. The maximum atomic E-state index is 5.67. The lowest BCUT2D eigenvalue weighted by molar-refractivity contribution is 0.749. The van der Waals surface area contributed by atoms with E-state index in [1.54, 1.807) is 0 Å². The van der Waals surface area contributed by atoms with Crippen molar-refractivity contribution in [3.8, 4) is 39.3 Å². The van der Waals surface area contributed by atoms with Gasteiger partial charge in [-0.2, -0.15) is 0 Å². The second-order valence-electron chi connectivity index (χ2n) is 19.1. The molecule has 9 aromatic carbocycles. The number of pyridine rings is 2. The van der Waals surface area contributed by atoms with Crippen molar-refractivity contribution >= 4 is 65.5 Å². The van der Waals surface area contributed by atoms with Crippen LogP contribution in [0.1, 0.15) is 41.6 Å². The second-order valence-corrected chi connectivity index (χ2v) is 19.1. The Morgan fingerprint density at radius 3 is 1.96 bits per heavy atom. The molecule has 12 aromatic rings. The molecule has 1 aliphatic heterocycles. The van der Waals surface area contributed by atoms with Crippen molar-refractivity contribution in [2.24, 2.45) is 0 Å².